The Balaban J connectivity index is 1.88. The quantitative estimate of drug-likeness (QED) is 0.723. The summed E-state index contributed by atoms with van der Waals surface area (Å²) in [6.45, 7) is 1.24. The summed E-state index contributed by atoms with van der Waals surface area (Å²) in [5, 5.41) is 0. The van der Waals surface area contributed by atoms with Crippen LogP contribution in [0.25, 0.3) is 0 Å². The van der Waals surface area contributed by atoms with E-state index in [0.717, 1.165) is 0 Å². The lowest BCUT2D eigenvalue weighted by atomic mass is 10.4. The maximum absolute atomic E-state index is 5.53. The van der Waals surface area contributed by atoms with Gasteiger partial charge in [-0.1, -0.05) is 0 Å². The molecule has 0 aromatic carbocycles. The van der Waals surface area contributed by atoms with E-state index >= 15 is 0 Å². The molecule has 0 spiro atoms. The number of rotatable bonds is 3. The molecule has 0 saturated carbocycles. The second-order valence-electron chi connectivity index (χ2n) is 2.84. The Kier molecular flexibility index (Phi) is 2.76. The van der Waals surface area contributed by atoms with Gasteiger partial charge < -0.3 is 19.9 Å². The van der Waals surface area contributed by atoms with Crippen molar-refractivity contribution in [2.24, 2.45) is 0 Å². The maximum Gasteiger partial charge on any atom is 0.257 e. The summed E-state index contributed by atoms with van der Waals surface area (Å²) in [5.74, 6) is 0.620. The highest BCUT2D eigenvalue weighted by Crippen LogP contribution is 2.14. The summed E-state index contributed by atoms with van der Waals surface area (Å²) < 4.78 is 15.5. The molecular weight excluding hydrogens is 186 g/mol. The first-order chi connectivity index (χ1) is 6.86. The van der Waals surface area contributed by atoms with E-state index in [0.29, 0.717) is 25.9 Å². The Bertz CT molecular complexity index is 302. The van der Waals surface area contributed by atoms with Crippen molar-refractivity contribution in [1.82, 2.24) is 9.97 Å². The lowest BCUT2D eigenvalue weighted by molar-refractivity contribution is 0.0315. The van der Waals surface area contributed by atoms with Crippen LogP contribution in [0, 0.1) is 0 Å². The summed E-state index contributed by atoms with van der Waals surface area (Å²) in [6, 6.07) is 0. The van der Waals surface area contributed by atoms with Crippen LogP contribution < -0.4 is 10.5 Å². The SMILES string of the molecule is Nc1nccnc1OCC1COCO1. The molecule has 76 valence electrons. The average molecular weight is 197 g/mol. The molecule has 1 fully saturated rings. The topological polar surface area (TPSA) is 79.5 Å². The number of aromatic nitrogens is 2. The largest absolute Gasteiger partial charge is 0.472 e. The smallest absolute Gasteiger partial charge is 0.257 e. The lowest BCUT2D eigenvalue weighted by Gasteiger charge is -2.09. The molecule has 6 heteroatoms. The van der Waals surface area contributed by atoms with Crippen molar-refractivity contribution in [3.63, 3.8) is 0 Å². The highest BCUT2D eigenvalue weighted by atomic mass is 16.7. The molecule has 1 saturated heterocycles. The Labute approximate surface area is 81.0 Å². The van der Waals surface area contributed by atoms with Gasteiger partial charge in [-0.2, -0.15) is 0 Å². The third kappa shape index (κ3) is 2.09. The van der Waals surface area contributed by atoms with Crippen molar-refractivity contribution in [2.45, 2.75) is 6.10 Å². The zero-order valence-corrected chi connectivity index (χ0v) is 7.55. The summed E-state index contributed by atoms with van der Waals surface area (Å²) in [6.07, 6.45) is 2.99. The predicted molar refractivity (Wildman–Crippen MR) is 47.6 cm³/mol. The summed E-state index contributed by atoms with van der Waals surface area (Å²) >= 11 is 0. The lowest BCUT2D eigenvalue weighted by Crippen LogP contribution is -2.20. The van der Waals surface area contributed by atoms with Gasteiger partial charge in [0.15, 0.2) is 5.82 Å². The third-order valence-corrected chi connectivity index (χ3v) is 1.79. The molecule has 1 atom stereocenters. The zero-order valence-electron chi connectivity index (χ0n) is 7.55. The van der Waals surface area contributed by atoms with Gasteiger partial charge in [0.1, 0.15) is 19.5 Å². The van der Waals surface area contributed by atoms with Crippen LogP contribution in [-0.2, 0) is 9.47 Å². The summed E-state index contributed by atoms with van der Waals surface area (Å²) in [5.41, 5.74) is 5.53. The number of hydrogen-bond acceptors (Lipinski definition) is 6. The average Bonchev–Trinajstić information content (AvgIpc) is 2.69. The van der Waals surface area contributed by atoms with Crippen molar-refractivity contribution in [3.8, 4) is 5.88 Å². The van der Waals surface area contributed by atoms with Crippen molar-refractivity contribution >= 4 is 5.82 Å². The van der Waals surface area contributed by atoms with Crippen LogP contribution >= 0.6 is 0 Å². The maximum atomic E-state index is 5.53. The van der Waals surface area contributed by atoms with Gasteiger partial charge in [-0.05, 0) is 0 Å². The fraction of sp³-hybridized carbons (Fsp3) is 0.500. The minimum Gasteiger partial charge on any atom is -0.472 e. The van der Waals surface area contributed by atoms with Crippen LogP contribution in [-0.4, -0.2) is 36.1 Å². The minimum atomic E-state index is -0.0450. The third-order valence-electron chi connectivity index (χ3n) is 1.79. The normalized spacial score (nSPS) is 21.0. The molecule has 0 amide bonds. The van der Waals surface area contributed by atoms with E-state index in [-0.39, 0.29) is 11.9 Å². The van der Waals surface area contributed by atoms with Gasteiger partial charge in [0, 0.05) is 12.4 Å². The van der Waals surface area contributed by atoms with Crippen LogP contribution in [0.2, 0.25) is 0 Å². The van der Waals surface area contributed by atoms with Gasteiger partial charge in [0.25, 0.3) is 5.88 Å². The van der Waals surface area contributed by atoms with E-state index in [9.17, 15) is 0 Å². The molecule has 1 aliphatic heterocycles. The minimum absolute atomic E-state index is 0.0450. The van der Waals surface area contributed by atoms with Crippen LogP contribution in [0.15, 0.2) is 12.4 Å². The van der Waals surface area contributed by atoms with Crippen molar-refractivity contribution < 1.29 is 14.2 Å². The van der Waals surface area contributed by atoms with Gasteiger partial charge in [-0.25, -0.2) is 9.97 Å². The van der Waals surface area contributed by atoms with Crippen LogP contribution in [0.5, 0.6) is 5.88 Å². The van der Waals surface area contributed by atoms with Crippen LogP contribution in [0.1, 0.15) is 0 Å². The van der Waals surface area contributed by atoms with Crippen LogP contribution in [0.3, 0.4) is 0 Å². The fourth-order valence-corrected chi connectivity index (χ4v) is 1.09. The van der Waals surface area contributed by atoms with Crippen LogP contribution in [0.4, 0.5) is 5.82 Å². The molecule has 0 bridgehead atoms. The number of ether oxygens (including phenoxy) is 3. The second-order valence-corrected chi connectivity index (χ2v) is 2.84. The highest BCUT2D eigenvalue weighted by Gasteiger charge is 2.17. The molecule has 1 aliphatic rings. The molecular formula is C8H11N3O3. The van der Waals surface area contributed by atoms with E-state index in [4.69, 9.17) is 19.9 Å². The number of nitrogens with zero attached hydrogens (tertiary/aromatic N) is 2. The van der Waals surface area contributed by atoms with E-state index < -0.39 is 0 Å². The Morgan fingerprint density at radius 3 is 3.07 bits per heavy atom. The molecule has 1 aromatic heterocycles. The molecule has 0 aliphatic carbocycles. The van der Waals surface area contributed by atoms with E-state index in [1.54, 1.807) is 0 Å². The Morgan fingerprint density at radius 2 is 2.36 bits per heavy atom. The molecule has 1 unspecified atom stereocenters. The zero-order chi connectivity index (χ0) is 9.80. The molecule has 1 aromatic rings. The highest BCUT2D eigenvalue weighted by molar-refractivity contribution is 5.38. The summed E-state index contributed by atoms with van der Waals surface area (Å²) in [7, 11) is 0. The van der Waals surface area contributed by atoms with Gasteiger partial charge in [-0.15, -0.1) is 0 Å². The first kappa shape index (κ1) is 9.17. The van der Waals surface area contributed by atoms with E-state index in [1.165, 1.54) is 12.4 Å². The second kappa shape index (κ2) is 4.21. The number of nitrogens with two attached hydrogens (primary N) is 1. The standard InChI is InChI=1S/C8H11N3O3/c9-7-8(11-2-1-10-7)13-4-6-3-12-5-14-6/h1-2,6H,3-5H2,(H2,9,10). The first-order valence-electron chi connectivity index (χ1n) is 4.25. The molecule has 14 heavy (non-hydrogen) atoms. The number of anilines is 1. The van der Waals surface area contributed by atoms with Crippen molar-refractivity contribution in [3.05, 3.63) is 12.4 Å². The van der Waals surface area contributed by atoms with Gasteiger partial charge in [0.05, 0.1) is 6.61 Å². The predicted octanol–water partition coefficient (Wildman–Crippen LogP) is -0.190. The van der Waals surface area contributed by atoms with Gasteiger partial charge in [0.2, 0.25) is 0 Å². The molecule has 2 rings (SSSR count). The molecule has 6 nitrogen and oxygen atoms in total. The Morgan fingerprint density at radius 1 is 1.50 bits per heavy atom. The number of hydrogen-bond donors (Lipinski definition) is 1. The molecule has 2 heterocycles. The van der Waals surface area contributed by atoms with E-state index in [2.05, 4.69) is 9.97 Å². The monoisotopic (exact) mass is 197 g/mol. The van der Waals surface area contributed by atoms with E-state index in [1.807, 2.05) is 0 Å². The fourth-order valence-electron chi connectivity index (χ4n) is 1.09. The van der Waals surface area contributed by atoms with Gasteiger partial charge in [-0.3, -0.25) is 0 Å². The van der Waals surface area contributed by atoms with Gasteiger partial charge >= 0.3 is 0 Å². The molecule has 0 radical (unpaired) electrons. The van der Waals surface area contributed by atoms with Crippen molar-refractivity contribution in [2.75, 3.05) is 25.7 Å². The Hall–Kier alpha value is -1.40. The number of nitrogen functional groups attached to an aromatic ring is 1. The molecule has 2 N–H and O–H groups in total. The first-order valence-corrected chi connectivity index (χ1v) is 4.25. The summed E-state index contributed by atoms with van der Waals surface area (Å²) in [4.78, 5) is 7.78. The van der Waals surface area contributed by atoms with Crippen molar-refractivity contribution in [1.29, 1.82) is 0 Å².